The zero-order valence-corrected chi connectivity index (χ0v) is 16.6. The number of nitrogens with zero attached hydrogens (tertiary/aromatic N) is 1. The van der Waals surface area contributed by atoms with Crippen LogP contribution in [0.5, 0.6) is 0 Å². The van der Waals surface area contributed by atoms with Gasteiger partial charge in [0.2, 0.25) is 17.7 Å². The highest BCUT2D eigenvalue weighted by atomic mass is 19.1. The Labute approximate surface area is 163 Å². The van der Waals surface area contributed by atoms with Gasteiger partial charge in [-0.15, -0.1) is 0 Å². The number of hydrogen-bond donors (Lipinski definition) is 2. The molecule has 3 heterocycles. The van der Waals surface area contributed by atoms with Crippen molar-refractivity contribution in [2.24, 2.45) is 17.8 Å². The summed E-state index contributed by atoms with van der Waals surface area (Å²) in [6.45, 7) is 7.85. The van der Waals surface area contributed by atoms with Gasteiger partial charge < -0.3 is 5.32 Å². The fourth-order valence-electron chi connectivity index (χ4n) is 5.12. The summed E-state index contributed by atoms with van der Waals surface area (Å²) in [6, 6.07) is 3.54. The highest BCUT2D eigenvalue weighted by Gasteiger charge is 2.70. The molecule has 0 radical (unpaired) electrons. The van der Waals surface area contributed by atoms with Crippen LogP contribution >= 0.6 is 0 Å². The Hall–Kier alpha value is -2.28. The zero-order valence-electron chi connectivity index (χ0n) is 16.6. The van der Waals surface area contributed by atoms with Gasteiger partial charge in [-0.1, -0.05) is 20.8 Å². The first kappa shape index (κ1) is 19.1. The minimum absolute atomic E-state index is 0.225. The van der Waals surface area contributed by atoms with Gasteiger partial charge in [-0.05, 0) is 43.9 Å². The number of benzene rings is 1. The minimum atomic E-state index is -1.41. The first-order valence-corrected chi connectivity index (χ1v) is 9.98. The predicted molar refractivity (Wildman–Crippen MR) is 102 cm³/mol. The van der Waals surface area contributed by atoms with E-state index in [0.29, 0.717) is 24.1 Å². The molecule has 7 heteroatoms. The lowest BCUT2D eigenvalue weighted by molar-refractivity contribution is -0.145. The Morgan fingerprint density at radius 2 is 1.89 bits per heavy atom. The van der Waals surface area contributed by atoms with E-state index < -0.39 is 23.2 Å². The second-order valence-electron chi connectivity index (χ2n) is 8.64. The molecule has 1 aromatic carbocycles. The number of likely N-dealkylation sites (tertiary alicyclic amines) is 1. The van der Waals surface area contributed by atoms with Crippen molar-refractivity contribution in [3.63, 3.8) is 0 Å². The number of imide groups is 1. The van der Waals surface area contributed by atoms with Crippen LogP contribution in [0.3, 0.4) is 0 Å². The first-order chi connectivity index (χ1) is 13.2. The van der Waals surface area contributed by atoms with E-state index in [2.05, 4.69) is 10.6 Å². The molecule has 2 fully saturated rings. The van der Waals surface area contributed by atoms with Crippen LogP contribution in [0.2, 0.25) is 0 Å². The average Bonchev–Trinajstić information content (AvgIpc) is 3.20. The molecule has 3 aliphatic rings. The van der Waals surface area contributed by atoms with Crippen molar-refractivity contribution in [1.29, 1.82) is 0 Å². The largest absolute Gasteiger partial charge is 0.324 e. The lowest BCUT2D eigenvalue weighted by atomic mass is 9.76. The van der Waals surface area contributed by atoms with E-state index >= 15 is 0 Å². The number of amides is 3. The summed E-state index contributed by atoms with van der Waals surface area (Å²) in [4.78, 5) is 41.2. The monoisotopic (exact) mass is 387 g/mol. The van der Waals surface area contributed by atoms with Gasteiger partial charge >= 0.3 is 0 Å². The standard InChI is InChI=1S/C21H26FN3O3/c1-5-11(4)25-18(26)16-15(8-10(2)3)24-21(17(16)19(25)27)13-9-12(22)6-7-14(13)23-20(21)28/h6-7,9-11,15-17,24H,5,8H2,1-4H3,(H,23,28)/t11-,15-,16-,17+,21+/m1/s1. The Kier molecular flexibility index (Phi) is 4.34. The topological polar surface area (TPSA) is 78.5 Å². The summed E-state index contributed by atoms with van der Waals surface area (Å²) in [5.41, 5.74) is -0.493. The van der Waals surface area contributed by atoms with Gasteiger partial charge in [-0.3, -0.25) is 24.6 Å². The van der Waals surface area contributed by atoms with Gasteiger partial charge in [0.25, 0.3) is 0 Å². The van der Waals surface area contributed by atoms with Crippen LogP contribution in [0.15, 0.2) is 18.2 Å². The van der Waals surface area contributed by atoms with Crippen LogP contribution in [-0.4, -0.2) is 34.7 Å². The molecule has 28 heavy (non-hydrogen) atoms. The molecule has 5 atom stereocenters. The number of fused-ring (bicyclic) bond motifs is 4. The van der Waals surface area contributed by atoms with Crippen molar-refractivity contribution in [3.8, 4) is 0 Å². The predicted octanol–water partition coefficient (Wildman–Crippen LogP) is 2.39. The second kappa shape index (κ2) is 6.37. The van der Waals surface area contributed by atoms with Crippen LogP contribution in [0, 0.1) is 23.6 Å². The van der Waals surface area contributed by atoms with Crippen molar-refractivity contribution in [3.05, 3.63) is 29.6 Å². The van der Waals surface area contributed by atoms with E-state index in [1.54, 1.807) is 0 Å². The molecule has 2 N–H and O–H groups in total. The number of hydrogen-bond acceptors (Lipinski definition) is 4. The van der Waals surface area contributed by atoms with Crippen molar-refractivity contribution in [1.82, 2.24) is 10.2 Å². The molecule has 0 aromatic heterocycles. The molecular weight excluding hydrogens is 361 g/mol. The van der Waals surface area contributed by atoms with Gasteiger partial charge in [-0.25, -0.2) is 4.39 Å². The summed E-state index contributed by atoms with van der Waals surface area (Å²) in [5.74, 6) is -2.64. The molecule has 0 aliphatic carbocycles. The SMILES string of the molecule is CC[C@@H](C)N1C(=O)[C@H]2[C@@H](C1=O)[C@]1(N[C@@H]2CC(C)C)C(=O)Nc2ccc(F)cc21. The van der Waals surface area contributed by atoms with Crippen molar-refractivity contribution in [2.45, 2.75) is 58.2 Å². The van der Waals surface area contributed by atoms with Gasteiger partial charge in [0.05, 0.1) is 11.8 Å². The van der Waals surface area contributed by atoms with Crippen LogP contribution < -0.4 is 10.6 Å². The first-order valence-electron chi connectivity index (χ1n) is 9.98. The zero-order chi connectivity index (χ0) is 20.4. The lowest BCUT2D eigenvalue weighted by Gasteiger charge is -2.31. The quantitative estimate of drug-likeness (QED) is 0.778. The van der Waals surface area contributed by atoms with Gasteiger partial charge in [0.15, 0.2) is 0 Å². The van der Waals surface area contributed by atoms with Gasteiger partial charge in [0, 0.05) is 23.3 Å². The molecule has 1 aromatic rings. The third-order valence-corrected chi connectivity index (χ3v) is 6.47. The molecule has 6 nitrogen and oxygen atoms in total. The highest BCUT2D eigenvalue weighted by molar-refractivity contribution is 6.15. The Morgan fingerprint density at radius 1 is 1.18 bits per heavy atom. The highest BCUT2D eigenvalue weighted by Crippen LogP contribution is 2.54. The number of carbonyl (C=O) groups excluding carboxylic acids is 3. The molecule has 0 unspecified atom stereocenters. The normalized spacial score (nSPS) is 32.3. The number of anilines is 1. The molecule has 3 amide bonds. The molecule has 1 spiro atoms. The number of nitrogens with one attached hydrogen (secondary N) is 2. The van der Waals surface area contributed by atoms with E-state index in [-0.39, 0.29) is 35.7 Å². The summed E-state index contributed by atoms with van der Waals surface area (Å²) < 4.78 is 14.1. The molecule has 0 bridgehead atoms. The van der Waals surface area contributed by atoms with Crippen LogP contribution in [-0.2, 0) is 19.9 Å². The minimum Gasteiger partial charge on any atom is -0.324 e. The smallest absolute Gasteiger partial charge is 0.250 e. The summed E-state index contributed by atoms with van der Waals surface area (Å²) >= 11 is 0. The third kappa shape index (κ3) is 2.38. The number of rotatable bonds is 4. The fourth-order valence-corrected chi connectivity index (χ4v) is 5.12. The molecule has 4 rings (SSSR count). The van der Waals surface area contributed by atoms with Gasteiger partial charge in [0.1, 0.15) is 11.4 Å². The summed E-state index contributed by atoms with van der Waals surface area (Å²) in [5, 5.41) is 6.11. The van der Waals surface area contributed by atoms with E-state index in [1.807, 2.05) is 27.7 Å². The van der Waals surface area contributed by atoms with Crippen molar-refractivity contribution < 1.29 is 18.8 Å². The summed E-state index contributed by atoms with van der Waals surface area (Å²) in [6.07, 6.45) is 1.29. The molecule has 2 saturated heterocycles. The Bertz CT molecular complexity index is 870. The van der Waals surface area contributed by atoms with E-state index in [4.69, 9.17) is 0 Å². The van der Waals surface area contributed by atoms with Gasteiger partial charge in [-0.2, -0.15) is 0 Å². The second-order valence-corrected chi connectivity index (χ2v) is 8.64. The number of halogens is 1. The van der Waals surface area contributed by atoms with Crippen molar-refractivity contribution in [2.75, 3.05) is 5.32 Å². The Morgan fingerprint density at radius 3 is 2.54 bits per heavy atom. The van der Waals surface area contributed by atoms with E-state index in [0.717, 1.165) is 0 Å². The van der Waals surface area contributed by atoms with Crippen LogP contribution in [0.4, 0.5) is 10.1 Å². The lowest BCUT2D eigenvalue weighted by Crippen LogP contribution is -2.54. The molecule has 0 saturated carbocycles. The molecular formula is C21H26FN3O3. The van der Waals surface area contributed by atoms with E-state index in [9.17, 15) is 18.8 Å². The van der Waals surface area contributed by atoms with Crippen LogP contribution in [0.25, 0.3) is 0 Å². The van der Waals surface area contributed by atoms with Crippen LogP contribution in [0.1, 0.15) is 46.1 Å². The third-order valence-electron chi connectivity index (χ3n) is 6.47. The maximum absolute atomic E-state index is 14.1. The Balaban J connectivity index is 1.89. The maximum atomic E-state index is 14.1. The average molecular weight is 387 g/mol. The summed E-state index contributed by atoms with van der Waals surface area (Å²) in [7, 11) is 0. The van der Waals surface area contributed by atoms with Crippen molar-refractivity contribution >= 4 is 23.4 Å². The van der Waals surface area contributed by atoms with E-state index in [1.165, 1.54) is 23.1 Å². The molecule has 150 valence electrons. The maximum Gasteiger partial charge on any atom is 0.250 e. The number of carbonyl (C=O) groups is 3. The fraction of sp³-hybridized carbons (Fsp3) is 0.571. The molecule has 3 aliphatic heterocycles.